The van der Waals surface area contributed by atoms with Gasteiger partial charge in [0, 0.05) is 25.7 Å². The van der Waals surface area contributed by atoms with E-state index < -0.39 is 36.2 Å². The molecular formula is C41H75NO11. The molecule has 0 aromatic heterocycles. The highest BCUT2D eigenvalue weighted by atomic mass is 16.6. The Morgan fingerprint density at radius 1 is 0.491 bits per heavy atom. The predicted octanol–water partition coefficient (Wildman–Crippen LogP) is 8.56. The Labute approximate surface area is 319 Å². The van der Waals surface area contributed by atoms with Gasteiger partial charge in [-0.25, -0.2) is 0 Å². The van der Waals surface area contributed by atoms with Crippen molar-refractivity contribution in [3.05, 3.63) is 0 Å². The molecule has 3 unspecified atom stereocenters. The summed E-state index contributed by atoms with van der Waals surface area (Å²) in [5, 5.41) is 28.2. The van der Waals surface area contributed by atoms with Crippen LogP contribution in [-0.4, -0.2) is 76.6 Å². The smallest absolute Gasteiger partial charge is 0.320 e. The monoisotopic (exact) mass is 758 g/mol. The summed E-state index contributed by atoms with van der Waals surface area (Å²) in [6.07, 6.45) is 23.5. The molecule has 0 saturated heterocycles. The van der Waals surface area contributed by atoms with Gasteiger partial charge in [0.15, 0.2) is 0 Å². The third-order valence-corrected chi connectivity index (χ3v) is 9.50. The number of hydrogen-bond acceptors (Lipinski definition) is 10. The maximum atomic E-state index is 12.2. The summed E-state index contributed by atoms with van der Waals surface area (Å²) in [5.41, 5.74) is 5.48. The van der Waals surface area contributed by atoms with Gasteiger partial charge in [-0.1, -0.05) is 116 Å². The first-order valence-electron chi connectivity index (χ1n) is 21.0. The van der Waals surface area contributed by atoms with E-state index in [0.717, 1.165) is 116 Å². The van der Waals surface area contributed by atoms with Gasteiger partial charge >= 0.3 is 29.8 Å². The van der Waals surface area contributed by atoms with Gasteiger partial charge in [0.2, 0.25) is 0 Å². The second kappa shape index (κ2) is 36.3. The van der Waals surface area contributed by atoms with Crippen LogP contribution in [0.2, 0.25) is 0 Å². The Kier molecular flexibility index (Phi) is 34.4. The highest BCUT2D eigenvalue weighted by Crippen LogP contribution is 2.19. The molecule has 0 aromatic carbocycles. The van der Waals surface area contributed by atoms with Crippen molar-refractivity contribution in [1.29, 1.82) is 0 Å². The fraction of sp³-hybridized carbons (Fsp3) is 0.878. The number of esters is 3. The molecule has 0 fully saturated rings. The summed E-state index contributed by atoms with van der Waals surface area (Å²) < 4.78 is 16.1. The summed E-state index contributed by atoms with van der Waals surface area (Å²) in [6.45, 7) is 2.78. The minimum absolute atomic E-state index is 0.00392. The SMILES string of the molecule is CCCCCC(OC(=O)CCC(N)C(=O)O)C(O)CCCCCCCCCCC(=O)OCCCCOC(=O)CCCCCCCCCCCCC(=O)O. The fourth-order valence-electron chi connectivity index (χ4n) is 6.10. The summed E-state index contributed by atoms with van der Waals surface area (Å²) in [6, 6.07) is -1.11. The predicted molar refractivity (Wildman–Crippen MR) is 205 cm³/mol. The average Bonchev–Trinajstić information content (AvgIpc) is 3.12. The van der Waals surface area contributed by atoms with Gasteiger partial charge in [-0.05, 0) is 57.8 Å². The summed E-state index contributed by atoms with van der Waals surface area (Å²) in [4.78, 5) is 57.5. The summed E-state index contributed by atoms with van der Waals surface area (Å²) >= 11 is 0. The van der Waals surface area contributed by atoms with Crippen LogP contribution in [0.1, 0.15) is 200 Å². The molecule has 0 amide bonds. The third-order valence-electron chi connectivity index (χ3n) is 9.50. The second-order valence-electron chi connectivity index (χ2n) is 14.5. The molecule has 0 aliphatic heterocycles. The molecule has 53 heavy (non-hydrogen) atoms. The molecule has 12 nitrogen and oxygen atoms in total. The van der Waals surface area contributed by atoms with Gasteiger partial charge in [0.25, 0.3) is 0 Å². The van der Waals surface area contributed by atoms with E-state index in [4.69, 9.17) is 30.2 Å². The number of nitrogens with two attached hydrogens (primary N) is 1. The van der Waals surface area contributed by atoms with Crippen molar-refractivity contribution in [1.82, 2.24) is 0 Å². The normalized spacial score (nSPS) is 12.9. The first kappa shape index (κ1) is 50.3. The lowest BCUT2D eigenvalue weighted by Gasteiger charge is -2.23. The van der Waals surface area contributed by atoms with Crippen molar-refractivity contribution >= 4 is 29.8 Å². The van der Waals surface area contributed by atoms with Crippen LogP contribution in [0, 0.1) is 0 Å². The standard InChI is InChI=1S/C41H75NO11/c1-2-3-18-26-36(53-40(48)31-30-34(42)41(49)50)35(43)25-19-14-10-8-9-13-17-22-29-39(47)52-33-24-23-32-51-38(46)28-21-16-12-7-5-4-6-11-15-20-27-37(44)45/h34-36,43H,2-33,42H2,1H3,(H,44,45)(H,49,50). The molecule has 0 aliphatic rings. The highest BCUT2D eigenvalue weighted by Gasteiger charge is 2.24. The molecule has 5 N–H and O–H groups in total. The Hall–Kier alpha value is -2.73. The van der Waals surface area contributed by atoms with Crippen LogP contribution in [0.3, 0.4) is 0 Å². The molecule has 0 heterocycles. The van der Waals surface area contributed by atoms with E-state index in [1.54, 1.807) is 0 Å². The zero-order chi connectivity index (χ0) is 39.4. The quantitative estimate of drug-likeness (QED) is 0.0265. The highest BCUT2D eigenvalue weighted by molar-refractivity contribution is 5.75. The first-order valence-corrected chi connectivity index (χ1v) is 21.0. The number of carboxylic acids is 2. The maximum absolute atomic E-state index is 12.2. The number of aliphatic carboxylic acids is 2. The van der Waals surface area contributed by atoms with E-state index in [2.05, 4.69) is 6.92 Å². The lowest BCUT2D eigenvalue weighted by molar-refractivity contribution is -0.156. The Bertz CT molecular complexity index is 945. The van der Waals surface area contributed by atoms with Gasteiger partial charge in [-0.15, -0.1) is 0 Å². The van der Waals surface area contributed by atoms with E-state index in [1.807, 2.05) is 0 Å². The van der Waals surface area contributed by atoms with Gasteiger partial charge in [-0.3, -0.25) is 24.0 Å². The molecule has 0 saturated carbocycles. The van der Waals surface area contributed by atoms with Crippen LogP contribution in [0.25, 0.3) is 0 Å². The van der Waals surface area contributed by atoms with Crippen LogP contribution in [0.5, 0.6) is 0 Å². The maximum Gasteiger partial charge on any atom is 0.320 e. The first-order chi connectivity index (χ1) is 25.6. The number of carbonyl (C=O) groups is 5. The van der Waals surface area contributed by atoms with Crippen LogP contribution >= 0.6 is 0 Å². The second-order valence-corrected chi connectivity index (χ2v) is 14.5. The van der Waals surface area contributed by atoms with Crippen LogP contribution in [0.15, 0.2) is 0 Å². The zero-order valence-corrected chi connectivity index (χ0v) is 33.0. The van der Waals surface area contributed by atoms with Crippen molar-refractivity contribution in [2.75, 3.05) is 13.2 Å². The van der Waals surface area contributed by atoms with Crippen molar-refractivity contribution in [3.63, 3.8) is 0 Å². The number of carboxylic acid groups (broad SMARTS) is 2. The zero-order valence-electron chi connectivity index (χ0n) is 33.0. The van der Waals surface area contributed by atoms with E-state index in [-0.39, 0.29) is 31.2 Å². The van der Waals surface area contributed by atoms with Gasteiger partial charge in [-0.2, -0.15) is 0 Å². The number of aliphatic hydroxyl groups excluding tert-OH is 1. The van der Waals surface area contributed by atoms with Gasteiger partial charge < -0.3 is 35.3 Å². The molecule has 0 aromatic rings. The Morgan fingerprint density at radius 3 is 1.34 bits per heavy atom. The molecule has 0 spiro atoms. The van der Waals surface area contributed by atoms with Crippen molar-refractivity contribution in [2.24, 2.45) is 5.73 Å². The minimum Gasteiger partial charge on any atom is -0.481 e. The number of rotatable bonds is 39. The van der Waals surface area contributed by atoms with Crippen molar-refractivity contribution in [3.8, 4) is 0 Å². The molecule has 0 radical (unpaired) electrons. The van der Waals surface area contributed by atoms with Crippen LogP contribution < -0.4 is 5.73 Å². The van der Waals surface area contributed by atoms with Crippen molar-refractivity contribution in [2.45, 2.75) is 218 Å². The van der Waals surface area contributed by atoms with E-state index in [0.29, 0.717) is 51.7 Å². The number of carbonyl (C=O) groups excluding carboxylic acids is 3. The molecule has 0 rings (SSSR count). The van der Waals surface area contributed by atoms with Crippen LogP contribution in [0.4, 0.5) is 0 Å². The lowest BCUT2D eigenvalue weighted by atomic mass is 9.99. The molecule has 0 aliphatic carbocycles. The summed E-state index contributed by atoms with van der Waals surface area (Å²) in [7, 11) is 0. The molecule has 0 bridgehead atoms. The van der Waals surface area contributed by atoms with Crippen molar-refractivity contribution < 1.29 is 53.5 Å². The number of ether oxygens (including phenoxy) is 3. The topological polar surface area (TPSA) is 200 Å². The van der Waals surface area contributed by atoms with E-state index in [9.17, 15) is 29.1 Å². The third kappa shape index (κ3) is 34.8. The van der Waals surface area contributed by atoms with E-state index in [1.165, 1.54) is 19.3 Å². The molecule has 3 atom stereocenters. The minimum atomic E-state index is -1.15. The molecule has 310 valence electrons. The largest absolute Gasteiger partial charge is 0.481 e. The Morgan fingerprint density at radius 2 is 0.906 bits per heavy atom. The van der Waals surface area contributed by atoms with E-state index >= 15 is 0 Å². The average molecular weight is 758 g/mol. The van der Waals surface area contributed by atoms with Crippen LogP contribution in [-0.2, 0) is 38.2 Å². The lowest BCUT2D eigenvalue weighted by Crippen LogP contribution is -2.33. The number of hydrogen-bond donors (Lipinski definition) is 4. The Balaban J connectivity index is 3.68. The van der Waals surface area contributed by atoms with Gasteiger partial charge in [0.05, 0.1) is 19.3 Å². The van der Waals surface area contributed by atoms with Gasteiger partial charge in [0.1, 0.15) is 12.1 Å². The number of unbranched alkanes of at least 4 members (excludes halogenated alkanes) is 19. The molecular weight excluding hydrogens is 682 g/mol. The summed E-state index contributed by atoms with van der Waals surface area (Å²) in [5.74, 6) is -2.73. The molecule has 12 heteroatoms. The number of aliphatic hydroxyl groups is 1. The fourth-order valence-corrected chi connectivity index (χ4v) is 6.10.